The fourth-order valence-corrected chi connectivity index (χ4v) is 1.66. The molecule has 0 aliphatic rings. The Hall–Kier alpha value is -1.76. The summed E-state index contributed by atoms with van der Waals surface area (Å²) in [7, 11) is 1.58. The van der Waals surface area contributed by atoms with Crippen molar-refractivity contribution in [2.45, 2.75) is 18.8 Å². The number of ether oxygens (including phenoxy) is 1. The van der Waals surface area contributed by atoms with Crippen LogP contribution in [0.2, 0.25) is 0 Å². The first-order chi connectivity index (χ1) is 8.20. The fraction of sp³-hybridized carbons (Fsp3) is 0.600. The van der Waals surface area contributed by atoms with Crippen LogP contribution in [0.3, 0.4) is 0 Å². The van der Waals surface area contributed by atoms with Crippen LogP contribution in [0.4, 0.5) is 0 Å². The van der Waals surface area contributed by atoms with Crippen LogP contribution in [0.25, 0.3) is 0 Å². The van der Waals surface area contributed by atoms with Crippen molar-refractivity contribution in [1.82, 2.24) is 20.6 Å². The molecule has 2 atom stereocenters. The molecule has 1 heterocycles. The number of allylic oxidation sites excluding steroid dienone is 1. The van der Waals surface area contributed by atoms with Gasteiger partial charge in [-0.1, -0.05) is 11.3 Å². The van der Waals surface area contributed by atoms with Gasteiger partial charge in [0.2, 0.25) is 0 Å². The molecule has 0 amide bonds. The first-order valence-electron chi connectivity index (χ1n) is 5.28. The summed E-state index contributed by atoms with van der Waals surface area (Å²) in [6.07, 6.45) is 2.68. The predicted molar refractivity (Wildman–Crippen MR) is 59.4 cm³/mol. The van der Waals surface area contributed by atoms with Crippen LogP contribution in [0, 0.1) is 5.92 Å². The Kier molecular flexibility index (Phi) is 5.28. The summed E-state index contributed by atoms with van der Waals surface area (Å²) in [5, 5.41) is 22.5. The van der Waals surface area contributed by atoms with E-state index < -0.39 is 17.8 Å². The van der Waals surface area contributed by atoms with Crippen molar-refractivity contribution < 1.29 is 14.6 Å². The summed E-state index contributed by atoms with van der Waals surface area (Å²) in [6, 6.07) is 0. The zero-order valence-corrected chi connectivity index (χ0v) is 9.67. The number of carbonyl (C=O) groups is 1. The number of carboxylic acid groups (broad SMARTS) is 1. The average molecular weight is 240 g/mol. The first-order valence-corrected chi connectivity index (χ1v) is 5.28. The molecule has 0 radical (unpaired) electrons. The standard InChI is InChI=1S/C10H16N4O3/c1-3-7(9-11-13-14-12-9)8(10(15)16)5-4-6-17-2/h3,7-8H,1,4-6H2,2H3,(H,15,16)(H,11,12,13,14). The average Bonchev–Trinajstić information content (AvgIpc) is 2.81. The summed E-state index contributed by atoms with van der Waals surface area (Å²) in [4.78, 5) is 11.2. The molecule has 0 bridgehead atoms. The molecule has 0 fully saturated rings. The monoisotopic (exact) mass is 240 g/mol. The highest BCUT2D eigenvalue weighted by Crippen LogP contribution is 2.26. The van der Waals surface area contributed by atoms with E-state index in [1.54, 1.807) is 7.11 Å². The van der Waals surface area contributed by atoms with Crippen LogP contribution >= 0.6 is 0 Å². The number of tetrazole rings is 1. The molecule has 2 unspecified atom stereocenters. The van der Waals surface area contributed by atoms with Crippen LogP contribution < -0.4 is 0 Å². The largest absolute Gasteiger partial charge is 0.481 e. The molecule has 2 N–H and O–H groups in total. The number of methoxy groups -OCH3 is 1. The number of H-pyrrole nitrogens is 1. The summed E-state index contributed by atoms with van der Waals surface area (Å²) in [5.74, 6) is -1.59. The minimum atomic E-state index is -0.893. The van der Waals surface area contributed by atoms with Gasteiger partial charge < -0.3 is 9.84 Å². The molecular formula is C10H16N4O3. The number of aromatic amines is 1. The molecule has 0 aliphatic carbocycles. The minimum Gasteiger partial charge on any atom is -0.481 e. The molecule has 0 saturated carbocycles. The Morgan fingerprint density at radius 2 is 2.47 bits per heavy atom. The van der Waals surface area contributed by atoms with E-state index in [2.05, 4.69) is 27.2 Å². The molecule has 0 spiro atoms. The third-order valence-corrected chi connectivity index (χ3v) is 2.53. The fourth-order valence-electron chi connectivity index (χ4n) is 1.66. The van der Waals surface area contributed by atoms with Crippen molar-refractivity contribution in [3.8, 4) is 0 Å². The van der Waals surface area contributed by atoms with Gasteiger partial charge in [0, 0.05) is 13.7 Å². The van der Waals surface area contributed by atoms with Gasteiger partial charge in [-0.2, -0.15) is 5.21 Å². The molecule has 0 aliphatic heterocycles. The Morgan fingerprint density at radius 1 is 1.71 bits per heavy atom. The molecule has 1 aromatic heterocycles. The molecule has 17 heavy (non-hydrogen) atoms. The predicted octanol–water partition coefficient (Wildman–Crippen LogP) is 0.597. The highest BCUT2D eigenvalue weighted by molar-refractivity contribution is 5.71. The van der Waals surface area contributed by atoms with Crippen LogP contribution in [-0.2, 0) is 9.53 Å². The number of aromatic nitrogens is 4. The molecular weight excluding hydrogens is 224 g/mol. The summed E-state index contributed by atoms with van der Waals surface area (Å²) in [5.41, 5.74) is 0. The lowest BCUT2D eigenvalue weighted by molar-refractivity contribution is -0.142. The number of hydrogen-bond acceptors (Lipinski definition) is 5. The maximum absolute atomic E-state index is 11.2. The Labute approximate surface area is 98.9 Å². The van der Waals surface area contributed by atoms with Crippen LogP contribution in [0.1, 0.15) is 24.6 Å². The second-order valence-corrected chi connectivity index (χ2v) is 3.61. The van der Waals surface area contributed by atoms with E-state index in [4.69, 9.17) is 4.74 Å². The molecule has 7 nitrogen and oxygen atoms in total. The van der Waals surface area contributed by atoms with Gasteiger partial charge in [-0.15, -0.1) is 16.8 Å². The lowest BCUT2D eigenvalue weighted by Crippen LogP contribution is -2.22. The van der Waals surface area contributed by atoms with Crippen molar-refractivity contribution in [2.75, 3.05) is 13.7 Å². The summed E-state index contributed by atoms with van der Waals surface area (Å²) >= 11 is 0. The zero-order valence-electron chi connectivity index (χ0n) is 9.67. The topological polar surface area (TPSA) is 101 Å². The van der Waals surface area contributed by atoms with Gasteiger partial charge in [0.1, 0.15) is 0 Å². The van der Waals surface area contributed by atoms with Crippen molar-refractivity contribution >= 4 is 5.97 Å². The maximum Gasteiger partial charge on any atom is 0.307 e. The van der Waals surface area contributed by atoms with Crippen LogP contribution in [-0.4, -0.2) is 45.4 Å². The molecule has 7 heteroatoms. The third-order valence-electron chi connectivity index (χ3n) is 2.53. The van der Waals surface area contributed by atoms with E-state index in [1.807, 2.05) is 0 Å². The first kappa shape index (κ1) is 13.3. The highest BCUT2D eigenvalue weighted by atomic mass is 16.5. The molecule has 94 valence electrons. The number of nitrogens with one attached hydrogen (secondary N) is 1. The maximum atomic E-state index is 11.2. The zero-order chi connectivity index (χ0) is 12.7. The van der Waals surface area contributed by atoms with Gasteiger partial charge in [-0.3, -0.25) is 4.79 Å². The van der Waals surface area contributed by atoms with E-state index in [9.17, 15) is 9.90 Å². The van der Waals surface area contributed by atoms with Gasteiger partial charge in [0.15, 0.2) is 5.82 Å². The van der Waals surface area contributed by atoms with Gasteiger partial charge in [0.25, 0.3) is 0 Å². The van der Waals surface area contributed by atoms with E-state index in [0.29, 0.717) is 25.3 Å². The Morgan fingerprint density at radius 3 is 2.94 bits per heavy atom. The van der Waals surface area contributed by atoms with Crippen molar-refractivity contribution in [3.05, 3.63) is 18.5 Å². The van der Waals surface area contributed by atoms with Gasteiger partial charge >= 0.3 is 5.97 Å². The second kappa shape index (κ2) is 6.74. The molecule has 0 aromatic carbocycles. The van der Waals surface area contributed by atoms with Gasteiger partial charge in [-0.05, 0) is 12.8 Å². The van der Waals surface area contributed by atoms with E-state index in [-0.39, 0.29) is 0 Å². The SMILES string of the molecule is C=CC(c1nn[nH]n1)C(CCCOC)C(=O)O. The van der Waals surface area contributed by atoms with E-state index in [1.165, 1.54) is 6.08 Å². The van der Waals surface area contributed by atoms with E-state index in [0.717, 1.165) is 0 Å². The number of nitrogens with zero attached hydrogens (tertiary/aromatic N) is 3. The lowest BCUT2D eigenvalue weighted by atomic mass is 9.88. The van der Waals surface area contributed by atoms with Crippen molar-refractivity contribution in [2.24, 2.45) is 5.92 Å². The number of rotatable bonds is 8. The number of carboxylic acids is 1. The van der Waals surface area contributed by atoms with Crippen LogP contribution in [0.5, 0.6) is 0 Å². The molecule has 1 aromatic rings. The summed E-state index contributed by atoms with van der Waals surface area (Å²) in [6.45, 7) is 4.16. The molecule has 1 rings (SSSR count). The minimum absolute atomic E-state index is 0.352. The number of aliphatic carboxylic acids is 1. The Balaban J connectivity index is 2.73. The van der Waals surface area contributed by atoms with Gasteiger partial charge in [-0.25, -0.2) is 0 Å². The lowest BCUT2D eigenvalue weighted by Gasteiger charge is -2.17. The van der Waals surface area contributed by atoms with Crippen molar-refractivity contribution in [3.63, 3.8) is 0 Å². The quantitative estimate of drug-likeness (QED) is 0.509. The highest BCUT2D eigenvalue weighted by Gasteiger charge is 2.29. The Bertz CT molecular complexity index is 352. The third kappa shape index (κ3) is 3.63. The number of hydrogen-bond donors (Lipinski definition) is 2. The van der Waals surface area contributed by atoms with Gasteiger partial charge in [0.05, 0.1) is 11.8 Å². The normalized spacial score (nSPS) is 14.2. The smallest absolute Gasteiger partial charge is 0.307 e. The van der Waals surface area contributed by atoms with Crippen molar-refractivity contribution in [1.29, 1.82) is 0 Å². The van der Waals surface area contributed by atoms with Crippen LogP contribution in [0.15, 0.2) is 12.7 Å². The second-order valence-electron chi connectivity index (χ2n) is 3.61. The molecule has 0 saturated heterocycles. The van der Waals surface area contributed by atoms with E-state index >= 15 is 0 Å². The summed E-state index contributed by atoms with van der Waals surface area (Å²) < 4.78 is 4.91.